The zero-order valence-corrected chi connectivity index (χ0v) is 14.7. The van der Waals surface area contributed by atoms with Crippen LogP contribution in [0.1, 0.15) is 19.0 Å². The number of aryl methyl sites for hydroxylation is 1. The van der Waals surface area contributed by atoms with Gasteiger partial charge in [0.15, 0.2) is 0 Å². The quantitative estimate of drug-likeness (QED) is 0.875. The van der Waals surface area contributed by atoms with Gasteiger partial charge in [-0.05, 0) is 43.8 Å². The monoisotopic (exact) mass is 328 g/mol. The number of anilines is 2. The number of thioether (sulfide) groups is 1. The number of thiazole rings is 1. The zero-order chi connectivity index (χ0) is 14.7. The summed E-state index contributed by atoms with van der Waals surface area (Å²) < 4.78 is 4.33. The topological polar surface area (TPSA) is 55.0 Å². The lowest BCUT2D eigenvalue weighted by atomic mass is 10.2. The molecule has 2 heterocycles. The predicted octanol–water partition coefficient (Wildman–Crippen LogP) is 3.74. The van der Waals surface area contributed by atoms with Crippen molar-refractivity contribution in [1.82, 2.24) is 9.36 Å². The molecule has 0 fully saturated rings. The van der Waals surface area contributed by atoms with E-state index >= 15 is 0 Å². The molecule has 0 spiro atoms. The fourth-order valence-corrected chi connectivity index (χ4v) is 4.26. The number of hydrogen-bond acceptors (Lipinski definition) is 7. The Labute approximate surface area is 132 Å². The minimum Gasteiger partial charge on any atom is -0.382 e. The number of hydrogen-bond donors (Lipinski definition) is 1. The van der Waals surface area contributed by atoms with Crippen LogP contribution < -0.4 is 10.6 Å². The van der Waals surface area contributed by atoms with Gasteiger partial charge in [0.1, 0.15) is 15.8 Å². The van der Waals surface area contributed by atoms with Crippen molar-refractivity contribution in [3.63, 3.8) is 0 Å². The fourth-order valence-electron chi connectivity index (χ4n) is 1.89. The molecule has 0 saturated carbocycles. The van der Waals surface area contributed by atoms with Gasteiger partial charge in [0, 0.05) is 24.2 Å². The molecule has 0 aliphatic rings. The molecule has 1 atom stereocenters. The van der Waals surface area contributed by atoms with Gasteiger partial charge in [-0.25, -0.2) is 4.98 Å². The van der Waals surface area contributed by atoms with Crippen LogP contribution in [0, 0.1) is 6.92 Å². The molecule has 0 amide bonds. The molecule has 20 heavy (non-hydrogen) atoms. The lowest BCUT2D eigenvalue weighted by Gasteiger charge is -2.25. The van der Waals surface area contributed by atoms with Crippen LogP contribution in [-0.4, -0.2) is 34.5 Å². The second-order valence-electron chi connectivity index (χ2n) is 4.78. The Morgan fingerprint density at radius 2 is 2.25 bits per heavy atom. The lowest BCUT2D eigenvalue weighted by molar-refractivity contribution is 0.674. The fraction of sp³-hybridized carbons (Fsp3) is 0.538. The maximum Gasteiger partial charge on any atom is 0.149 e. The number of rotatable bonds is 6. The Morgan fingerprint density at radius 3 is 2.85 bits per heavy atom. The maximum atomic E-state index is 6.06. The van der Waals surface area contributed by atoms with Crippen molar-refractivity contribution < 1.29 is 0 Å². The summed E-state index contributed by atoms with van der Waals surface area (Å²) in [5.41, 5.74) is 8.08. The Balaban J connectivity index is 2.29. The van der Waals surface area contributed by atoms with Crippen LogP contribution >= 0.6 is 34.6 Å². The maximum absolute atomic E-state index is 6.06. The Kier molecular flexibility index (Phi) is 5.29. The molecule has 2 N–H and O–H groups in total. The van der Waals surface area contributed by atoms with Crippen molar-refractivity contribution in [3.8, 4) is 10.6 Å². The molecule has 2 rings (SSSR count). The first kappa shape index (κ1) is 15.6. The van der Waals surface area contributed by atoms with Crippen LogP contribution in [0.4, 0.5) is 10.8 Å². The van der Waals surface area contributed by atoms with E-state index in [-0.39, 0.29) is 0 Å². The molecular formula is C13H20N4S3. The second kappa shape index (κ2) is 6.78. The molecule has 2 aromatic heterocycles. The lowest BCUT2D eigenvalue weighted by Crippen LogP contribution is -2.29. The van der Waals surface area contributed by atoms with Gasteiger partial charge < -0.3 is 10.6 Å². The molecule has 0 aliphatic heterocycles. The van der Waals surface area contributed by atoms with E-state index in [4.69, 9.17) is 5.73 Å². The van der Waals surface area contributed by atoms with E-state index in [0.29, 0.717) is 11.9 Å². The largest absolute Gasteiger partial charge is 0.382 e. The Bertz CT molecular complexity index is 564. The van der Waals surface area contributed by atoms with Gasteiger partial charge in [-0.1, -0.05) is 0 Å². The van der Waals surface area contributed by atoms with Crippen molar-refractivity contribution in [2.45, 2.75) is 26.3 Å². The summed E-state index contributed by atoms with van der Waals surface area (Å²) >= 11 is 4.97. The molecule has 0 radical (unpaired) electrons. The van der Waals surface area contributed by atoms with Gasteiger partial charge in [0.05, 0.1) is 5.56 Å². The molecule has 110 valence electrons. The predicted molar refractivity (Wildman–Crippen MR) is 93.2 cm³/mol. The Hall–Kier alpha value is -0.790. The van der Waals surface area contributed by atoms with Gasteiger partial charge in [-0.3, -0.25) is 0 Å². The smallest absolute Gasteiger partial charge is 0.149 e. The van der Waals surface area contributed by atoms with Gasteiger partial charge >= 0.3 is 0 Å². The van der Waals surface area contributed by atoms with Crippen molar-refractivity contribution in [1.29, 1.82) is 0 Å². The van der Waals surface area contributed by atoms with E-state index < -0.39 is 0 Å². The highest BCUT2D eigenvalue weighted by Crippen LogP contribution is 2.41. The van der Waals surface area contributed by atoms with Crippen LogP contribution in [0.5, 0.6) is 0 Å². The number of nitrogen functional groups attached to an aromatic ring is 1. The first-order valence-corrected chi connectivity index (χ1v) is 9.48. The molecule has 0 bridgehead atoms. The van der Waals surface area contributed by atoms with Crippen LogP contribution in [0.3, 0.4) is 0 Å². The SMILES string of the molecule is CSCCC(C)N(C)c1snc(N)c1-c1nc(C)cs1. The van der Waals surface area contributed by atoms with Crippen molar-refractivity contribution >= 4 is 45.5 Å². The molecule has 0 aromatic carbocycles. The van der Waals surface area contributed by atoms with Crippen LogP contribution in [0.2, 0.25) is 0 Å². The Morgan fingerprint density at radius 1 is 1.50 bits per heavy atom. The minimum atomic E-state index is 0.460. The van der Waals surface area contributed by atoms with E-state index in [9.17, 15) is 0 Å². The standard InChI is InChI=1S/C13H20N4S3/c1-8-7-19-12(15-8)10-11(14)16-20-13(10)17(3)9(2)5-6-18-4/h7,9H,5-6H2,1-4H3,(H2,14,16). The number of nitrogens with two attached hydrogens (primary N) is 1. The van der Waals surface area contributed by atoms with E-state index in [1.165, 1.54) is 11.5 Å². The summed E-state index contributed by atoms with van der Waals surface area (Å²) in [6.45, 7) is 4.24. The summed E-state index contributed by atoms with van der Waals surface area (Å²) in [5.74, 6) is 1.74. The van der Waals surface area contributed by atoms with E-state index in [1.54, 1.807) is 11.3 Å². The molecule has 1 unspecified atom stereocenters. The number of nitrogens with zero attached hydrogens (tertiary/aromatic N) is 3. The molecular weight excluding hydrogens is 308 g/mol. The number of aromatic nitrogens is 2. The summed E-state index contributed by atoms with van der Waals surface area (Å²) in [6.07, 6.45) is 3.28. The van der Waals surface area contributed by atoms with E-state index in [1.807, 2.05) is 24.1 Å². The summed E-state index contributed by atoms with van der Waals surface area (Å²) in [4.78, 5) is 6.83. The third kappa shape index (κ3) is 3.27. The molecule has 7 heteroatoms. The normalized spacial score (nSPS) is 12.6. The van der Waals surface area contributed by atoms with Gasteiger partial charge in [-0.2, -0.15) is 16.1 Å². The minimum absolute atomic E-state index is 0.460. The highest BCUT2D eigenvalue weighted by atomic mass is 32.2. The summed E-state index contributed by atoms with van der Waals surface area (Å²) in [6, 6.07) is 0.460. The first-order chi connectivity index (χ1) is 9.54. The van der Waals surface area contributed by atoms with Crippen LogP contribution in [0.15, 0.2) is 5.38 Å². The highest BCUT2D eigenvalue weighted by Gasteiger charge is 2.22. The molecule has 2 aromatic rings. The highest BCUT2D eigenvalue weighted by molar-refractivity contribution is 7.98. The van der Waals surface area contributed by atoms with Gasteiger partial charge in [0.2, 0.25) is 0 Å². The molecule has 0 aliphatic carbocycles. The van der Waals surface area contributed by atoms with Crippen LogP contribution in [0.25, 0.3) is 10.6 Å². The average molecular weight is 329 g/mol. The molecule has 4 nitrogen and oxygen atoms in total. The first-order valence-electron chi connectivity index (χ1n) is 6.44. The zero-order valence-electron chi connectivity index (χ0n) is 12.2. The molecule has 0 saturated heterocycles. The third-order valence-corrected chi connectivity index (χ3v) is 5.83. The van der Waals surface area contributed by atoms with Crippen molar-refractivity contribution in [2.75, 3.05) is 29.7 Å². The van der Waals surface area contributed by atoms with Crippen molar-refractivity contribution in [2.24, 2.45) is 0 Å². The van der Waals surface area contributed by atoms with Gasteiger partial charge in [-0.15, -0.1) is 11.3 Å². The van der Waals surface area contributed by atoms with Gasteiger partial charge in [0.25, 0.3) is 0 Å². The van der Waals surface area contributed by atoms with E-state index in [0.717, 1.165) is 33.4 Å². The summed E-state index contributed by atoms with van der Waals surface area (Å²) in [5, 5.41) is 4.13. The average Bonchev–Trinajstić information content (AvgIpc) is 3.00. The van der Waals surface area contributed by atoms with Crippen LogP contribution in [-0.2, 0) is 0 Å². The second-order valence-corrected chi connectivity index (χ2v) is 7.38. The summed E-state index contributed by atoms with van der Waals surface area (Å²) in [7, 11) is 2.11. The van der Waals surface area contributed by atoms with Crippen molar-refractivity contribution in [3.05, 3.63) is 11.1 Å². The third-order valence-electron chi connectivity index (χ3n) is 3.25. The van der Waals surface area contributed by atoms with E-state index in [2.05, 4.69) is 34.5 Å².